The first kappa shape index (κ1) is 21.9. The Morgan fingerprint density at radius 2 is 1.88 bits per heavy atom. The van der Waals surface area contributed by atoms with Crippen molar-refractivity contribution >= 4 is 17.7 Å². The molecule has 1 aliphatic rings. The molecule has 0 bridgehead atoms. The Balaban J connectivity index is 1.36. The number of carbonyl (C=O) groups excluding carboxylic acids is 2. The fourth-order valence-corrected chi connectivity index (χ4v) is 4.44. The third-order valence-corrected chi connectivity index (χ3v) is 6.29. The molecular weight excluding hydrogens is 406 g/mol. The number of hydrogen-bond acceptors (Lipinski definition) is 6. The number of likely N-dealkylation sites (tertiary alicyclic amines) is 1. The van der Waals surface area contributed by atoms with Gasteiger partial charge in [-0.1, -0.05) is 30.3 Å². The summed E-state index contributed by atoms with van der Waals surface area (Å²) < 4.78 is 7.01. The summed E-state index contributed by atoms with van der Waals surface area (Å²) in [5, 5.41) is 4.07. The van der Waals surface area contributed by atoms with Crippen LogP contribution >= 0.6 is 0 Å². The number of rotatable bonds is 8. The van der Waals surface area contributed by atoms with Crippen molar-refractivity contribution in [3.8, 4) is 0 Å². The summed E-state index contributed by atoms with van der Waals surface area (Å²) in [4.78, 5) is 35.9. The minimum absolute atomic E-state index is 0.0352. The van der Waals surface area contributed by atoms with Crippen molar-refractivity contribution in [3.63, 3.8) is 0 Å². The van der Waals surface area contributed by atoms with Gasteiger partial charge in [-0.05, 0) is 50.2 Å². The standard InChI is InChI=1S/C24H29N5O3/c1-2-32-22(31)24(10-6-9-19-7-4-3-5-8-19)11-13-28(14-12-24)21(30)15-20-16-25-23-26-18-27-29(23)17-20/h3-5,7-8,16-18H,2,6,9-15H2,1H3. The topological polar surface area (TPSA) is 89.7 Å². The van der Waals surface area contributed by atoms with Gasteiger partial charge in [-0.25, -0.2) is 9.50 Å². The second-order valence-electron chi connectivity index (χ2n) is 8.36. The van der Waals surface area contributed by atoms with E-state index in [1.807, 2.05) is 30.0 Å². The second kappa shape index (κ2) is 9.89. The lowest BCUT2D eigenvalue weighted by molar-refractivity contribution is -0.161. The number of benzene rings is 1. The average Bonchev–Trinajstić information content (AvgIpc) is 3.28. The van der Waals surface area contributed by atoms with E-state index in [0.717, 1.165) is 24.8 Å². The molecule has 1 amide bonds. The number of aromatic nitrogens is 4. The van der Waals surface area contributed by atoms with Crippen LogP contribution in [0, 0.1) is 5.41 Å². The number of amides is 1. The Kier molecular flexibility index (Phi) is 6.78. The molecule has 3 heterocycles. The van der Waals surface area contributed by atoms with Gasteiger partial charge in [0.25, 0.3) is 5.78 Å². The first-order valence-electron chi connectivity index (χ1n) is 11.2. The van der Waals surface area contributed by atoms with Crippen LogP contribution in [0.5, 0.6) is 0 Å². The maximum Gasteiger partial charge on any atom is 0.312 e. The fraction of sp³-hybridized carbons (Fsp3) is 0.458. The monoisotopic (exact) mass is 435 g/mol. The molecule has 1 fully saturated rings. The minimum atomic E-state index is -0.511. The van der Waals surface area contributed by atoms with Gasteiger partial charge in [0.2, 0.25) is 5.91 Å². The number of fused-ring (bicyclic) bond motifs is 1. The molecule has 0 aliphatic carbocycles. The lowest BCUT2D eigenvalue weighted by atomic mass is 9.74. The predicted molar refractivity (Wildman–Crippen MR) is 119 cm³/mol. The van der Waals surface area contributed by atoms with Gasteiger partial charge in [0.15, 0.2) is 0 Å². The molecule has 2 aromatic heterocycles. The van der Waals surface area contributed by atoms with Crippen molar-refractivity contribution in [2.75, 3.05) is 19.7 Å². The van der Waals surface area contributed by atoms with E-state index in [2.05, 4.69) is 27.2 Å². The molecular formula is C24H29N5O3. The third-order valence-electron chi connectivity index (χ3n) is 6.29. The molecule has 32 heavy (non-hydrogen) atoms. The molecule has 1 saturated heterocycles. The summed E-state index contributed by atoms with van der Waals surface area (Å²) in [5.41, 5.74) is 1.55. The molecule has 4 rings (SSSR count). The fourth-order valence-electron chi connectivity index (χ4n) is 4.44. The molecule has 0 spiro atoms. The van der Waals surface area contributed by atoms with Crippen molar-refractivity contribution in [1.82, 2.24) is 24.5 Å². The predicted octanol–water partition coefficient (Wildman–Crippen LogP) is 2.86. The summed E-state index contributed by atoms with van der Waals surface area (Å²) >= 11 is 0. The Bertz CT molecular complexity index is 1060. The highest BCUT2D eigenvalue weighted by molar-refractivity contribution is 5.80. The maximum atomic E-state index is 12.9. The Labute approximate surface area is 187 Å². The normalized spacial score (nSPS) is 15.6. The highest BCUT2D eigenvalue weighted by atomic mass is 16.5. The zero-order valence-electron chi connectivity index (χ0n) is 18.4. The third kappa shape index (κ3) is 4.95. The summed E-state index contributed by atoms with van der Waals surface area (Å²) in [6.45, 7) is 3.33. The first-order chi connectivity index (χ1) is 15.6. The van der Waals surface area contributed by atoms with Gasteiger partial charge in [-0.15, -0.1) is 0 Å². The van der Waals surface area contributed by atoms with E-state index in [-0.39, 0.29) is 18.3 Å². The Hall–Kier alpha value is -3.29. The minimum Gasteiger partial charge on any atom is -0.466 e. The van der Waals surface area contributed by atoms with E-state index < -0.39 is 5.41 Å². The van der Waals surface area contributed by atoms with Crippen LogP contribution in [0.1, 0.15) is 43.7 Å². The highest BCUT2D eigenvalue weighted by Gasteiger charge is 2.42. The molecule has 8 heteroatoms. The van der Waals surface area contributed by atoms with Gasteiger partial charge < -0.3 is 9.64 Å². The molecule has 0 atom stereocenters. The van der Waals surface area contributed by atoms with Crippen LogP contribution in [0.15, 0.2) is 49.1 Å². The number of piperidine rings is 1. The van der Waals surface area contributed by atoms with Crippen LogP contribution in [0.2, 0.25) is 0 Å². The van der Waals surface area contributed by atoms with Crippen LogP contribution in [0.3, 0.4) is 0 Å². The van der Waals surface area contributed by atoms with Gasteiger partial charge in [-0.2, -0.15) is 10.1 Å². The SMILES string of the molecule is CCOC(=O)C1(CCCc2ccccc2)CCN(C(=O)Cc2cnc3ncnn3c2)CC1. The molecule has 8 nitrogen and oxygen atoms in total. The largest absolute Gasteiger partial charge is 0.466 e. The number of nitrogens with zero attached hydrogens (tertiary/aromatic N) is 5. The van der Waals surface area contributed by atoms with Crippen LogP contribution in [0.25, 0.3) is 5.78 Å². The Morgan fingerprint density at radius 1 is 1.09 bits per heavy atom. The van der Waals surface area contributed by atoms with E-state index in [0.29, 0.717) is 38.3 Å². The van der Waals surface area contributed by atoms with Gasteiger partial charge in [0, 0.05) is 25.5 Å². The lowest BCUT2D eigenvalue weighted by Crippen LogP contribution is -2.47. The molecule has 0 saturated carbocycles. The van der Waals surface area contributed by atoms with Crippen molar-refractivity contribution in [1.29, 1.82) is 0 Å². The quantitative estimate of drug-likeness (QED) is 0.506. The number of esters is 1. The van der Waals surface area contributed by atoms with Gasteiger partial charge in [0.1, 0.15) is 6.33 Å². The molecule has 0 radical (unpaired) electrons. The zero-order chi connectivity index (χ0) is 22.4. The van der Waals surface area contributed by atoms with Gasteiger partial charge >= 0.3 is 5.97 Å². The molecule has 1 aliphatic heterocycles. The van der Waals surface area contributed by atoms with E-state index in [1.165, 1.54) is 11.9 Å². The number of ether oxygens (including phenoxy) is 1. The van der Waals surface area contributed by atoms with Crippen molar-refractivity contribution in [2.45, 2.75) is 45.4 Å². The summed E-state index contributed by atoms with van der Waals surface area (Å²) in [7, 11) is 0. The number of hydrogen-bond donors (Lipinski definition) is 0. The van der Waals surface area contributed by atoms with E-state index >= 15 is 0 Å². The molecule has 1 aromatic carbocycles. The van der Waals surface area contributed by atoms with Gasteiger partial charge in [-0.3, -0.25) is 9.59 Å². The number of carbonyl (C=O) groups is 2. The average molecular weight is 436 g/mol. The van der Waals surface area contributed by atoms with Crippen LogP contribution < -0.4 is 0 Å². The van der Waals surface area contributed by atoms with Crippen LogP contribution in [0.4, 0.5) is 0 Å². The lowest BCUT2D eigenvalue weighted by Gasteiger charge is -2.40. The summed E-state index contributed by atoms with van der Waals surface area (Å²) in [6, 6.07) is 10.3. The van der Waals surface area contributed by atoms with E-state index in [1.54, 1.807) is 16.9 Å². The van der Waals surface area contributed by atoms with E-state index in [4.69, 9.17) is 4.74 Å². The molecule has 168 valence electrons. The zero-order valence-corrected chi connectivity index (χ0v) is 18.4. The van der Waals surface area contributed by atoms with Crippen molar-refractivity contribution in [3.05, 3.63) is 60.2 Å². The maximum absolute atomic E-state index is 12.9. The molecule has 0 N–H and O–H groups in total. The van der Waals surface area contributed by atoms with Crippen molar-refractivity contribution in [2.24, 2.45) is 5.41 Å². The molecule has 3 aromatic rings. The highest BCUT2D eigenvalue weighted by Crippen LogP contribution is 2.38. The summed E-state index contributed by atoms with van der Waals surface area (Å²) in [6.07, 6.45) is 9.02. The second-order valence-corrected chi connectivity index (χ2v) is 8.36. The molecule has 0 unspecified atom stereocenters. The Morgan fingerprint density at radius 3 is 2.62 bits per heavy atom. The van der Waals surface area contributed by atoms with Crippen molar-refractivity contribution < 1.29 is 14.3 Å². The van der Waals surface area contributed by atoms with Crippen LogP contribution in [-0.4, -0.2) is 56.1 Å². The summed E-state index contributed by atoms with van der Waals surface area (Å²) in [5.74, 6) is 0.419. The van der Waals surface area contributed by atoms with E-state index in [9.17, 15) is 9.59 Å². The smallest absolute Gasteiger partial charge is 0.312 e. The van der Waals surface area contributed by atoms with Crippen LogP contribution in [-0.2, 0) is 27.2 Å². The van der Waals surface area contributed by atoms with Gasteiger partial charge in [0.05, 0.1) is 18.4 Å². The first-order valence-corrected chi connectivity index (χ1v) is 11.2. The number of aryl methyl sites for hydroxylation is 1.